The lowest BCUT2D eigenvalue weighted by molar-refractivity contribution is 0.545. The molecular weight excluding hydrogens is 274 g/mol. The first-order valence-corrected chi connectivity index (χ1v) is 7.39. The SMILES string of the molecule is CCC(C)(C)Nc1nc(-c2ccncc2)nc2cnccc12. The van der Waals surface area contributed by atoms with Gasteiger partial charge in [0, 0.05) is 35.1 Å². The van der Waals surface area contributed by atoms with E-state index in [1.54, 1.807) is 24.8 Å². The lowest BCUT2D eigenvalue weighted by Crippen LogP contribution is -2.30. The van der Waals surface area contributed by atoms with Crippen molar-refractivity contribution in [2.75, 3.05) is 5.32 Å². The molecule has 0 fully saturated rings. The fourth-order valence-electron chi connectivity index (χ4n) is 2.11. The first-order valence-electron chi connectivity index (χ1n) is 7.39. The molecule has 0 radical (unpaired) electrons. The van der Waals surface area contributed by atoms with Crippen LogP contribution in [0.5, 0.6) is 0 Å². The van der Waals surface area contributed by atoms with E-state index in [9.17, 15) is 0 Å². The molecule has 5 heteroatoms. The average Bonchev–Trinajstić information content (AvgIpc) is 2.55. The van der Waals surface area contributed by atoms with E-state index in [-0.39, 0.29) is 5.54 Å². The standard InChI is InChI=1S/C17H19N5/c1-4-17(2,3)22-16-13-7-10-19-11-14(13)20-15(21-16)12-5-8-18-9-6-12/h5-11H,4H2,1-3H3,(H,20,21,22). The van der Waals surface area contributed by atoms with Crippen LogP contribution in [-0.4, -0.2) is 25.5 Å². The van der Waals surface area contributed by atoms with Crippen LogP contribution in [0.1, 0.15) is 27.2 Å². The van der Waals surface area contributed by atoms with Crippen molar-refractivity contribution >= 4 is 16.7 Å². The van der Waals surface area contributed by atoms with Crippen LogP contribution < -0.4 is 5.32 Å². The second kappa shape index (κ2) is 5.67. The maximum absolute atomic E-state index is 4.73. The summed E-state index contributed by atoms with van der Waals surface area (Å²) in [5.41, 5.74) is 1.73. The number of fused-ring (bicyclic) bond motifs is 1. The highest BCUT2D eigenvalue weighted by atomic mass is 15.1. The van der Waals surface area contributed by atoms with Gasteiger partial charge in [-0.2, -0.15) is 0 Å². The van der Waals surface area contributed by atoms with Gasteiger partial charge in [0.1, 0.15) is 5.82 Å². The third kappa shape index (κ3) is 2.88. The fraction of sp³-hybridized carbons (Fsp3) is 0.294. The number of hydrogen-bond acceptors (Lipinski definition) is 5. The van der Waals surface area contributed by atoms with Gasteiger partial charge in [0.2, 0.25) is 0 Å². The summed E-state index contributed by atoms with van der Waals surface area (Å²) < 4.78 is 0. The molecule has 3 aromatic heterocycles. The molecular formula is C17H19N5. The Kier molecular flexibility index (Phi) is 3.71. The minimum Gasteiger partial charge on any atom is -0.365 e. The molecule has 3 rings (SSSR count). The van der Waals surface area contributed by atoms with Gasteiger partial charge in [-0.3, -0.25) is 9.97 Å². The van der Waals surface area contributed by atoms with Crippen molar-refractivity contribution in [2.45, 2.75) is 32.7 Å². The number of rotatable bonds is 4. The van der Waals surface area contributed by atoms with Crippen molar-refractivity contribution in [2.24, 2.45) is 0 Å². The Hall–Kier alpha value is -2.56. The van der Waals surface area contributed by atoms with Crippen molar-refractivity contribution < 1.29 is 0 Å². The molecule has 5 nitrogen and oxygen atoms in total. The topological polar surface area (TPSA) is 63.6 Å². The van der Waals surface area contributed by atoms with Crippen LogP contribution in [0, 0.1) is 0 Å². The molecule has 0 aliphatic heterocycles. The van der Waals surface area contributed by atoms with Gasteiger partial charge in [-0.1, -0.05) is 6.92 Å². The zero-order chi connectivity index (χ0) is 15.6. The van der Waals surface area contributed by atoms with Crippen molar-refractivity contribution in [1.29, 1.82) is 0 Å². The Balaban J connectivity index is 2.17. The highest BCUT2D eigenvalue weighted by Gasteiger charge is 2.18. The predicted octanol–water partition coefficient (Wildman–Crippen LogP) is 3.69. The van der Waals surface area contributed by atoms with E-state index in [2.05, 4.69) is 41.0 Å². The largest absolute Gasteiger partial charge is 0.365 e. The van der Waals surface area contributed by atoms with Crippen molar-refractivity contribution in [3.63, 3.8) is 0 Å². The third-order valence-electron chi connectivity index (χ3n) is 3.78. The van der Waals surface area contributed by atoms with E-state index >= 15 is 0 Å². The summed E-state index contributed by atoms with van der Waals surface area (Å²) in [4.78, 5) is 17.6. The van der Waals surface area contributed by atoms with Gasteiger partial charge in [-0.15, -0.1) is 0 Å². The summed E-state index contributed by atoms with van der Waals surface area (Å²) in [7, 11) is 0. The van der Waals surface area contributed by atoms with Gasteiger partial charge in [0.25, 0.3) is 0 Å². The quantitative estimate of drug-likeness (QED) is 0.795. The van der Waals surface area contributed by atoms with Gasteiger partial charge in [0.05, 0.1) is 11.7 Å². The van der Waals surface area contributed by atoms with E-state index in [1.807, 2.05) is 18.2 Å². The van der Waals surface area contributed by atoms with Crippen LogP contribution in [0.2, 0.25) is 0 Å². The van der Waals surface area contributed by atoms with Crippen LogP contribution in [0.4, 0.5) is 5.82 Å². The molecule has 22 heavy (non-hydrogen) atoms. The third-order valence-corrected chi connectivity index (χ3v) is 3.78. The second-order valence-electron chi connectivity index (χ2n) is 5.89. The smallest absolute Gasteiger partial charge is 0.162 e. The number of nitrogens with zero attached hydrogens (tertiary/aromatic N) is 4. The molecule has 0 saturated carbocycles. The highest BCUT2D eigenvalue weighted by Crippen LogP contribution is 2.26. The van der Waals surface area contributed by atoms with E-state index in [0.717, 1.165) is 28.7 Å². The van der Waals surface area contributed by atoms with Gasteiger partial charge in [0.15, 0.2) is 5.82 Å². The number of nitrogens with one attached hydrogen (secondary N) is 1. The Morgan fingerprint density at radius 3 is 2.45 bits per heavy atom. The lowest BCUT2D eigenvalue weighted by Gasteiger charge is -2.26. The number of anilines is 1. The van der Waals surface area contributed by atoms with Gasteiger partial charge >= 0.3 is 0 Å². The fourth-order valence-corrected chi connectivity index (χ4v) is 2.11. The van der Waals surface area contributed by atoms with Crippen LogP contribution in [0.3, 0.4) is 0 Å². The highest BCUT2D eigenvalue weighted by molar-refractivity contribution is 5.90. The van der Waals surface area contributed by atoms with E-state index in [0.29, 0.717) is 5.82 Å². The maximum atomic E-state index is 4.73. The van der Waals surface area contributed by atoms with Crippen LogP contribution in [0.25, 0.3) is 22.3 Å². The first-order chi connectivity index (χ1) is 10.6. The minimum atomic E-state index is -0.0416. The van der Waals surface area contributed by atoms with Crippen molar-refractivity contribution in [3.8, 4) is 11.4 Å². The molecule has 0 aliphatic rings. The molecule has 0 atom stereocenters. The Bertz CT molecular complexity index is 783. The summed E-state index contributed by atoms with van der Waals surface area (Å²) >= 11 is 0. The Morgan fingerprint density at radius 2 is 1.73 bits per heavy atom. The maximum Gasteiger partial charge on any atom is 0.162 e. The second-order valence-corrected chi connectivity index (χ2v) is 5.89. The van der Waals surface area contributed by atoms with Crippen molar-refractivity contribution in [1.82, 2.24) is 19.9 Å². The lowest BCUT2D eigenvalue weighted by atomic mass is 10.0. The Morgan fingerprint density at radius 1 is 1.00 bits per heavy atom. The zero-order valence-electron chi connectivity index (χ0n) is 13.0. The van der Waals surface area contributed by atoms with E-state index in [4.69, 9.17) is 4.98 Å². The minimum absolute atomic E-state index is 0.0416. The molecule has 0 saturated heterocycles. The molecule has 3 aromatic rings. The van der Waals surface area contributed by atoms with Gasteiger partial charge in [-0.25, -0.2) is 9.97 Å². The van der Waals surface area contributed by atoms with Crippen LogP contribution in [0.15, 0.2) is 43.0 Å². The first kappa shape index (κ1) is 14.4. The summed E-state index contributed by atoms with van der Waals surface area (Å²) in [6.45, 7) is 6.48. The van der Waals surface area contributed by atoms with E-state index < -0.39 is 0 Å². The molecule has 0 aliphatic carbocycles. The summed E-state index contributed by atoms with van der Waals surface area (Å²) in [6.07, 6.45) is 8.02. The Labute approximate surface area is 129 Å². The van der Waals surface area contributed by atoms with Crippen LogP contribution >= 0.6 is 0 Å². The molecule has 112 valence electrons. The molecule has 0 aromatic carbocycles. The summed E-state index contributed by atoms with van der Waals surface area (Å²) in [5.74, 6) is 1.52. The predicted molar refractivity (Wildman–Crippen MR) is 88.6 cm³/mol. The molecule has 0 amide bonds. The summed E-state index contributed by atoms with van der Waals surface area (Å²) in [6, 6.07) is 5.76. The molecule has 0 spiro atoms. The molecule has 1 N–H and O–H groups in total. The van der Waals surface area contributed by atoms with E-state index in [1.165, 1.54) is 0 Å². The molecule has 0 bridgehead atoms. The van der Waals surface area contributed by atoms with Gasteiger partial charge in [-0.05, 0) is 38.5 Å². The van der Waals surface area contributed by atoms with Gasteiger partial charge < -0.3 is 5.32 Å². The molecule has 3 heterocycles. The zero-order valence-corrected chi connectivity index (χ0v) is 13.0. The van der Waals surface area contributed by atoms with Crippen LogP contribution in [-0.2, 0) is 0 Å². The number of pyridine rings is 2. The number of aromatic nitrogens is 4. The van der Waals surface area contributed by atoms with Crippen molar-refractivity contribution in [3.05, 3.63) is 43.0 Å². The monoisotopic (exact) mass is 293 g/mol. The molecule has 0 unspecified atom stereocenters. The normalized spacial score (nSPS) is 11.6. The summed E-state index contributed by atoms with van der Waals surface area (Å²) in [5, 5.41) is 4.51. The number of hydrogen-bond donors (Lipinski definition) is 1. The average molecular weight is 293 g/mol.